The summed E-state index contributed by atoms with van der Waals surface area (Å²) in [6, 6.07) is 0. The van der Waals surface area contributed by atoms with Gasteiger partial charge >= 0.3 is 0 Å². The Morgan fingerprint density at radius 3 is 2.82 bits per heavy atom. The van der Waals surface area contributed by atoms with E-state index in [1.807, 2.05) is 4.90 Å². The van der Waals surface area contributed by atoms with Gasteiger partial charge in [0, 0.05) is 25.8 Å². The van der Waals surface area contributed by atoms with Crippen LogP contribution in [0.3, 0.4) is 0 Å². The Kier molecular flexibility index (Phi) is 3.92. The van der Waals surface area contributed by atoms with E-state index in [-0.39, 0.29) is 5.91 Å². The molecule has 1 amide bonds. The predicted octanol–water partition coefficient (Wildman–Crippen LogP) is 0.580. The average molecular weight is 326 g/mol. The normalized spacial score (nSPS) is 27.0. The minimum atomic E-state index is -2.87. The number of aromatic nitrogens is 4. The van der Waals surface area contributed by atoms with Crippen molar-refractivity contribution in [2.75, 3.05) is 19.3 Å². The standard InChI is InChI=1S/C13H22N6O2S/c1-22(14,21)13(5-3-6-13)12(20)19-7-2-4-10(9-19)8-11-15-17-18-16-11/h10,14H,2-9H2,1H3,(H,15,16,17,18). The molecule has 3 rings (SSSR count). The van der Waals surface area contributed by atoms with Gasteiger partial charge < -0.3 is 4.90 Å². The fourth-order valence-electron chi connectivity index (χ4n) is 3.50. The van der Waals surface area contributed by atoms with Crippen LogP contribution in [0.2, 0.25) is 0 Å². The fourth-order valence-corrected chi connectivity index (χ4v) is 5.03. The molecule has 0 spiro atoms. The molecule has 22 heavy (non-hydrogen) atoms. The summed E-state index contributed by atoms with van der Waals surface area (Å²) in [7, 11) is -2.87. The Bertz CT molecular complexity index is 637. The van der Waals surface area contributed by atoms with Gasteiger partial charge in [0.25, 0.3) is 0 Å². The summed E-state index contributed by atoms with van der Waals surface area (Å²) in [5.41, 5.74) is 0. The van der Waals surface area contributed by atoms with Crippen LogP contribution in [-0.4, -0.2) is 59.7 Å². The number of H-pyrrole nitrogens is 1. The second-order valence-corrected chi connectivity index (χ2v) is 8.95. The van der Waals surface area contributed by atoms with Crippen LogP contribution in [0.15, 0.2) is 0 Å². The second-order valence-electron chi connectivity index (χ2n) is 6.48. The van der Waals surface area contributed by atoms with Gasteiger partial charge in [-0.2, -0.15) is 5.21 Å². The number of aromatic amines is 1. The van der Waals surface area contributed by atoms with E-state index in [1.54, 1.807) is 0 Å². The minimum Gasteiger partial charge on any atom is -0.341 e. The van der Waals surface area contributed by atoms with Crippen LogP contribution in [0.1, 0.15) is 37.9 Å². The molecule has 1 saturated carbocycles. The van der Waals surface area contributed by atoms with Gasteiger partial charge in [0.1, 0.15) is 4.75 Å². The Hall–Kier alpha value is -1.51. The Morgan fingerprint density at radius 1 is 1.50 bits per heavy atom. The highest BCUT2D eigenvalue weighted by molar-refractivity contribution is 7.94. The maximum absolute atomic E-state index is 12.9. The first-order valence-electron chi connectivity index (χ1n) is 7.67. The van der Waals surface area contributed by atoms with E-state index in [9.17, 15) is 9.00 Å². The lowest BCUT2D eigenvalue weighted by molar-refractivity contribution is -0.138. The third-order valence-electron chi connectivity index (χ3n) is 4.96. The number of likely N-dealkylation sites (tertiary alicyclic amines) is 1. The molecule has 122 valence electrons. The van der Waals surface area contributed by atoms with Crippen LogP contribution < -0.4 is 0 Å². The van der Waals surface area contributed by atoms with Crippen LogP contribution in [0.5, 0.6) is 0 Å². The number of nitrogens with zero attached hydrogens (tertiary/aromatic N) is 4. The molecular formula is C13H22N6O2S. The maximum Gasteiger partial charge on any atom is 0.242 e. The molecule has 0 bridgehead atoms. The summed E-state index contributed by atoms with van der Waals surface area (Å²) < 4.78 is 19.3. The number of hydrogen-bond acceptors (Lipinski definition) is 6. The van der Waals surface area contributed by atoms with E-state index >= 15 is 0 Å². The average Bonchev–Trinajstić information content (AvgIpc) is 2.88. The molecule has 1 aromatic rings. The van der Waals surface area contributed by atoms with Crippen LogP contribution in [0.25, 0.3) is 0 Å². The lowest BCUT2D eigenvalue weighted by Crippen LogP contribution is -2.59. The van der Waals surface area contributed by atoms with Crippen LogP contribution >= 0.6 is 0 Å². The van der Waals surface area contributed by atoms with Crippen molar-refractivity contribution in [3.63, 3.8) is 0 Å². The summed E-state index contributed by atoms with van der Waals surface area (Å²) in [4.78, 5) is 14.7. The van der Waals surface area contributed by atoms with E-state index < -0.39 is 14.5 Å². The monoisotopic (exact) mass is 326 g/mol. The van der Waals surface area contributed by atoms with Crippen LogP contribution in [0.4, 0.5) is 0 Å². The summed E-state index contributed by atoms with van der Waals surface area (Å²) in [6.45, 7) is 1.32. The zero-order chi connectivity index (χ0) is 15.8. The van der Waals surface area contributed by atoms with Crippen molar-refractivity contribution in [3.8, 4) is 0 Å². The Balaban J connectivity index is 1.70. The molecule has 2 N–H and O–H groups in total. The van der Waals surface area contributed by atoms with Gasteiger partial charge in [0.2, 0.25) is 5.91 Å². The van der Waals surface area contributed by atoms with Crippen LogP contribution in [0, 0.1) is 10.7 Å². The van der Waals surface area contributed by atoms with Gasteiger partial charge in [-0.15, -0.1) is 10.2 Å². The lowest BCUT2D eigenvalue weighted by atomic mass is 9.82. The molecule has 0 aromatic carbocycles. The number of tetrazole rings is 1. The highest BCUT2D eigenvalue weighted by Crippen LogP contribution is 2.41. The topological polar surface area (TPSA) is 116 Å². The zero-order valence-corrected chi connectivity index (χ0v) is 13.6. The van der Waals surface area contributed by atoms with Gasteiger partial charge in [0.05, 0.1) is 9.73 Å². The van der Waals surface area contributed by atoms with Crippen molar-refractivity contribution in [2.45, 2.75) is 43.3 Å². The van der Waals surface area contributed by atoms with E-state index in [2.05, 4.69) is 20.6 Å². The number of nitrogens with one attached hydrogen (secondary N) is 2. The number of hydrogen-bond donors (Lipinski definition) is 2. The maximum atomic E-state index is 12.9. The SMILES string of the molecule is CS(=N)(=O)C1(C(=O)N2CCCC(Cc3nn[nH]n3)C2)CCC1. The molecule has 0 radical (unpaired) electrons. The molecule has 2 heterocycles. The third kappa shape index (κ3) is 2.62. The van der Waals surface area contributed by atoms with Crippen molar-refractivity contribution in [1.29, 1.82) is 4.78 Å². The molecule has 1 saturated heterocycles. The number of carbonyl (C=O) groups is 1. The van der Waals surface area contributed by atoms with Gasteiger partial charge in [-0.1, -0.05) is 5.21 Å². The largest absolute Gasteiger partial charge is 0.341 e. The molecular weight excluding hydrogens is 304 g/mol. The first-order valence-corrected chi connectivity index (χ1v) is 9.64. The van der Waals surface area contributed by atoms with Gasteiger partial charge in [0.15, 0.2) is 5.82 Å². The van der Waals surface area contributed by atoms with Gasteiger partial charge in [-0.3, -0.25) is 9.57 Å². The van der Waals surface area contributed by atoms with Crippen molar-refractivity contribution < 1.29 is 9.00 Å². The highest BCUT2D eigenvalue weighted by atomic mass is 32.2. The number of piperidine rings is 1. The second kappa shape index (κ2) is 5.60. The van der Waals surface area contributed by atoms with Gasteiger partial charge in [-0.25, -0.2) is 4.21 Å². The first-order chi connectivity index (χ1) is 10.4. The molecule has 1 aromatic heterocycles. The van der Waals surface area contributed by atoms with Crippen molar-refractivity contribution in [1.82, 2.24) is 25.5 Å². The summed E-state index contributed by atoms with van der Waals surface area (Å²) in [5, 5.41) is 13.9. The molecule has 2 aliphatic rings. The number of amides is 1. The number of carbonyl (C=O) groups excluding carboxylic acids is 1. The Labute approximate surface area is 130 Å². The van der Waals surface area contributed by atoms with E-state index in [1.165, 1.54) is 6.26 Å². The summed E-state index contributed by atoms with van der Waals surface area (Å²) in [6.07, 6.45) is 6.09. The summed E-state index contributed by atoms with van der Waals surface area (Å²) in [5.74, 6) is 0.877. The molecule has 2 atom stereocenters. The van der Waals surface area contributed by atoms with E-state index in [0.717, 1.165) is 19.3 Å². The van der Waals surface area contributed by atoms with E-state index in [0.29, 0.717) is 44.1 Å². The van der Waals surface area contributed by atoms with Crippen molar-refractivity contribution >= 4 is 15.6 Å². The molecule has 1 aliphatic heterocycles. The smallest absolute Gasteiger partial charge is 0.242 e. The third-order valence-corrected chi connectivity index (χ3v) is 7.04. The van der Waals surface area contributed by atoms with Gasteiger partial charge in [-0.05, 0) is 38.0 Å². The molecule has 8 nitrogen and oxygen atoms in total. The first kappa shape index (κ1) is 15.4. The lowest BCUT2D eigenvalue weighted by Gasteiger charge is -2.45. The fraction of sp³-hybridized carbons (Fsp3) is 0.846. The van der Waals surface area contributed by atoms with Crippen molar-refractivity contribution in [2.24, 2.45) is 5.92 Å². The molecule has 9 heteroatoms. The molecule has 2 fully saturated rings. The predicted molar refractivity (Wildman–Crippen MR) is 80.6 cm³/mol. The minimum absolute atomic E-state index is 0.0842. The Morgan fingerprint density at radius 2 is 2.27 bits per heavy atom. The quantitative estimate of drug-likeness (QED) is 0.839. The van der Waals surface area contributed by atoms with Crippen LogP contribution in [-0.2, 0) is 20.9 Å². The summed E-state index contributed by atoms with van der Waals surface area (Å²) >= 11 is 0. The number of rotatable bonds is 4. The van der Waals surface area contributed by atoms with E-state index in [4.69, 9.17) is 4.78 Å². The highest BCUT2D eigenvalue weighted by Gasteiger charge is 2.52. The molecule has 2 unspecified atom stereocenters. The van der Waals surface area contributed by atoms with Crippen molar-refractivity contribution in [3.05, 3.63) is 5.82 Å². The molecule has 1 aliphatic carbocycles. The zero-order valence-electron chi connectivity index (χ0n) is 12.7.